The Morgan fingerprint density at radius 2 is 1.50 bits per heavy atom. The maximum Gasteiger partial charge on any atom is 0.303 e. The standard InChI is InChI=1S/C29H30N2O13/c1-15(32)39-14-25-26(40-16(2)33)27(41-17(3)34)28(42-18(4)35)29(44-25)43-23-9-7-20(13-24(23)38-5)30-11-10-19-12-21(31(36)37)6-8-22(19)30/h6-13,25-29H,14H2,1-5H3/t25-,26-,27+,28+,29+/m1/s1. The first-order valence-electron chi connectivity index (χ1n) is 13.3. The van der Waals surface area contributed by atoms with Crippen LogP contribution in [0.5, 0.6) is 11.5 Å². The molecule has 1 aliphatic heterocycles. The fraction of sp³-hybridized carbons (Fsp3) is 0.379. The lowest BCUT2D eigenvalue weighted by Crippen LogP contribution is -2.63. The summed E-state index contributed by atoms with van der Waals surface area (Å²) >= 11 is 0. The summed E-state index contributed by atoms with van der Waals surface area (Å²) in [6, 6.07) is 11.1. The number of nitrogens with zero attached hydrogens (tertiary/aromatic N) is 2. The third-order valence-corrected chi connectivity index (χ3v) is 6.50. The molecule has 4 rings (SSSR count). The molecule has 0 aliphatic carbocycles. The maximum absolute atomic E-state index is 12.1. The number of fused-ring (bicyclic) bond motifs is 1. The molecule has 15 nitrogen and oxygen atoms in total. The van der Waals surface area contributed by atoms with Crippen molar-refractivity contribution < 1.29 is 57.3 Å². The topological polar surface area (TPSA) is 181 Å². The van der Waals surface area contributed by atoms with Gasteiger partial charge >= 0.3 is 23.9 Å². The lowest BCUT2D eigenvalue weighted by Gasteiger charge is -2.44. The highest BCUT2D eigenvalue weighted by Crippen LogP contribution is 2.36. The lowest BCUT2D eigenvalue weighted by molar-refractivity contribution is -0.384. The molecule has 234 valence electrons. The first kappa shape index (κ1) is 31.7. The van der Waals surface area contributed by atoms with Crippen molar-refractivity contribution in [2.45, 2.75) is 58.4 Å². The molecule has 0 radical (unpaired) electrons. The molecule has 15 heteroatoms. The normalized spacial score (nSPS) is 21.2. The summed E-state index contributed by atoms with van der Waals surface area (Å²) in [4.78, 5) is 58.4. The highest BCUT2D eigenvalue weighted by Gasteiger charge is 2.53. The smallest absolute Gasteiger partial charge is 0.303 e. The Morgan fingerprint density at radius 1 is 0.841 bits per heavy atom. The molecule has 1 aromatic heterocycles. The van der Waals surface area contributed by atoms with Crippen molar-refractivity contribution in [2.24, 2.45) is 0 Å². The van der Waals surface area contributed by atoms with Gasteiger partial charge in [0.2, 0.25) is 12.4 Å². The molecule has 0 spiro atoms. The summed E-state index contributed by atoms with van der Waals surface area (Å²) in [6.45, 7) is 4.13. The summed E-state index contributed by atoms with van der Waals surface area (Å²) < 4.78 is 40.8. The molecule has 2 heterocycles. The Labute approximate surface area is 250 Å². The van der Waals surface area contributed by atoms with Crippen LogP contribution in [0.3, 0.4) is 0 Å². The first-order valence-corrected chi connectivity index (χ1v) is 13.3. The zero-order valence-electron chi connectivity index (χ0n) is 24.4. The van der Waals surface area contributed by atoms with Gasteiger partial charge in [0.05, 0.1) is 17.5 Å². The van der Waals surface area contributed by atoms with Gasteiger partial charge in [0.1, 0.15) is 12.7 Å². The van der Waals surface area contributed by atoms with Crippen LogP contribution in [0, 0.1) is 10.1 Å². The highest BCUT2D eigenvalue weighted by molar-refractivity contribution is 5.84. The number of hydrogen-bond acceptors (Lipinski definition) is 13. The predicted octanol–water partition coefficient (Wildman–Crippen LogP) is 3.01. The Balaban J connectivity index is 1.71. The van der Waals surface area contributed by atoms with Gasteiger partial charge in [-0.1, -0.05) is 0 Å². The number of ether oxygens (including phenoxy) is 7. The van der Waals surface area contributed by atoms with E-state index >= 15 is 0 Å². The number of benzene rings is 2. The number of carbonyl (C=O) groups excluding carboxylic acids is 4. The fourth-order valence-electron chi connectivity index (χ4n) is 4.78. The van der Waals surface area contributed by atoms with E-state index in [0.717, 1.165) is 20.8 Å². The van der Waals surface area contributed by atoms with E-state index in [9.17, 15) is 29.3 Å². The summed E-state index contributed by atoms with van der Waals surface area (Å²) in [6.07, 6.45) is -5.07. The second-order valence-corrected chi connectivity index (χ2v) is 9.71. The second kappa shape index (κ2) is 13.4. The van der Waals surface area contributed by atoms with E-state index in [1.54, 1.807) is 41.1 Å². The minimum Gasteiger partial charge on any atom is -0.493 e. The molecule has 0 amide bonds. The number of aromatic nitrogens is 1. The minimum absolute atomic E-state index is 0.0404. The molecule has 2 aromatic carbocycles. The number of methoxy groups -OCH3 is 1. The Morgan fingerprint density at radius 3 is 2.11 bits per heavy atom. The molecule has 0 N–H and O–H groups in total. The lowest BCUT2D eigenvalue weighted by atomic mass is 9.98. The van der Waals surface area contributed by atoms with E-state index < -0.39 is 66.1 Å². The van der Waals surface area contributed by atoms with Gasteiger partial charge in [-0.05, 0) is 24.3 Å². The quantitative estimate of drug-likeness (QED) is 0.141. The molecule has 1 fully saturated rings. The number of rotatable bonds is 10. The van der Waals surface area contributed by atoms with Crippen LogP contribution in [0.25, 0.3) is 16.6 Å². The van der Waals surface area contributed by atoms with Crippen molar-refractivity contribution in [3.63, 3.8) is 0 Å². The monoisotopic (exact) mass is 614 g/mol. The third kappa shape index (κ3) is 7.23. The van der Waals surface area contributed by atoms with Crippen molar-refractivity contribution in [1.82, 2.24) is 4.57 Å². The van der Waals surface area contributed by atoms with Crippen LogP contribution in [0.1, 0.15) is 27.7 Å². The van der Waals surface area contributed by atoms with Crippen LogP contribution >= 0.6 is 0 Å². The Hall–Kier alpha value is -5.18. The molecule has 1 saturated heterocycles. The van der Waals surface area contributed by atoms with E-state index in [4.69, 9.17) is 33.2 Å². The predicted molar refractivity (Wildman–Crippen MR) is 149 cm³/mol. The highest BCUT2D eigenvalue weighted by atomic mass is 16.7. The van der Waals surface area contributed by atoms with Crippen LogP contribution < -0.4 is 9.47 Å². The van der Waals surface area contributed by atoms with Crippen molar-refractivity contribution >= 4 is 40.5 Å². The number of nitro benzene ring substituents is 1. The summed E-state index contributed by atoms with van der Waals surface area (Å²) in [5, 5.41) is 11.8. The molecule has 3 aromatic rings. The molecule has 0 saturated carbocycles. The van der Waals surface area contributed by atoms with Gasteiger partial charge in [-0.15, -0.1) is 0 Å². The SMILES string of the molecule is COc1cc(-n2ccc3cc([N+](=O)[O-])ccc32)ccc1O[C@H]1O[C@H](COC(C)=O)[C@@H](OC(C)=O)[C@H](OC(C)=O)[C@@H]1OC(C)=O. The van der Waals surface area contributed by atoms with Gasteiger partial charge in [0, 0.05) is 63.2 Å². The van der Waals surface area contributed by atoms with Crippen molar-refractivity contribution in [2.75, 3.05) is 13.7 Å². The van der Waals surface area contributed by atoms with Gasteiger partial charge in [0.15, 0.2) is 23.7 Å². The summed E-state index contributed by atoms with van der Waals surface area (Å²) in [7, 11) is 1.40. The van der Waals surface area contributed by atoms with Crippen molar-refractivity contribution in [1.29, 1.82) is 0 Å². The Bertz CT molecular complexity index is 1580. The first-order chi connectivity index (χ1) is 20.9. The van der Waals surface area contributed by atoms with Crippen molar-refractivity contribution in [3.8, 4) is 17.2 Å². The van der Waals surface area contributed by atoms with Gasteiger partial charge < -0.3 is 37.7 Å². The summed E-state index contributed by atoms with van der Waals surface area (Å²) in [5.41, 5.74) is 1.28. The molecule has 0 bridgehead atoms. The largest absolute Gasteiger partial charge is 0.493 e. The molecular formula is C29H30N2O13. The molecule has 44 heavy (non-hydrogen) atoms. The number of hydrogen-bond donors (Lipinski definition) is 0. The maximum atomic E-state index is 12.1. The zero-order valence-corrected chi connectivity index (χ0v) is 24.4. The van der Waals surface area contributed by atoms with E-state index in [-0.39, 0.29) is 17.2 Å². The van der Waals surface area contributed by atoms with Crippen LogP contribution in [0.2, 0.25) is 0 Å². The van der Waals surface area contributed by atoms with Gasteiger partial charge in [-0.25, -0.2) is 0 Å². The number of non-ortho nitro benzene ring substituents is 1. The van der Waals surface area contributed by atoms with E-state index in [1.807, 2.05) is 0 Å². The molecule has 5 atom stereocenters. The molecular weight excluding hydrogens is 584 g/mol. The van der Waals surface area contributed by atoms with E-state index in [1.165, 1.54) is 26.2 Å². The zero-order chi connectivity index (χ0) is 32.1. The second-order valence-electron chi connectivity index (χ2n) is 9.71. The van der Waals surface area contributed by atoms with Crippen LogP contribution in [0.4, 0.5) is 5.69 Å². The average molecular weight is 615 g/mol. The average Bonchev–Trinajstić information content (AvgIpc) is 3.38. The Kier molecular flexibility index (Phi) is 9.68. The van der Waals surface area contributed by atoms with Crippen molar-refractivity contribution in [3.05, 3.63) is 58.8 Å². The van der Waals surface area contributed by atoms with Gasteiger partial charge in [0.25, 0.3) is 5.69 Å². The van der Waals surface area contributed by atoms with Crippen LogP contribution in [0.15, 0.2) is 48.7 Å². The molecule has 0 unspecified atom stereocenters. The summed E-state index contributed by atoms with van der Waals surface area (Å²) in [5.74, 6) is -2.60. The van der Waals surface area contributed by atoms with Crippen LogP contribution in [-0.4, -0.2) is 77.8 Å². The van der Waals surface area contributed by atoms with E-state index in [2.05, 4.69) is 0 Å². The number of esters is 4. The van der Waals surface area contributed by atoms with E-state index in [0.29, 0.717) is 16.6 Å². The molecule has 1 aliphatic rings. The van der Waals surface area contributed by atoms with Crippen LogP contribution in [-0.2, 0) is 42.9 Å². The number of carbonyl (C=O) groups is 4. The minimum atomic E-state index is -1.46. The fourth-order valence-corrected chi connectivity index (χ4v) is 4.78. The third-order valence-electron chi connectivity index (χ3n) is 6.50. The number of nitro groups is 1. The van der Waals surface area contributed by atoms with Gasteiger partial charge in [-0.2, -0.15) is 0 Å². The van der Waals surface area contributed by atoms with Gasteiger partial charge in [-0.3, -0.25) is 29.3 Å².